The predicted octanol–water partition coefficient (Wildman–Crippen LogP) is 2.04. The Morgan fingerprint density at radius 3 is 2.60 bits per heavy atom. The number of nitrogens with one attached hydrogen (secondary N) is 2. The zero-order valence-corrected chi connectivity index (χ0v) is 12.6. The molecule has 0 unspecified atom stereocenters. The summed E-state index contributed by atoms with van der Waals surface area (Å²) in [5.41, 5.74) is 1.13. The van der Waals surface area contributed by atoms with Gasteiger partial charge in [-0.25, -0.2) is 0 Å². The third kappa shape index (κ3) is 4.20. The highest BCUT2D eigenvalue weighted by molar-refractivity contribution is 5.93. The minimum atomic E-state index is -0.171. The zero-order chi connectivity index (χ0) is 15.0. The number of aliphatic hydroxyl groups excluding tert-OH is 1. The summed E-state index contributed by atoms with van der Waals surface area (Å²) in [7, 11) is 0. The smallest absolute Gasteiger partial charge is 0.269 e. The fourth-order valence-corrected chi connectivity index (χ4v) is 1.98. The van der Waals surface area contributed by atoms with Crippen LogP contribution < -0.4 is 10.6 Å². The minimum Gasteiger partial charge on any atom is -0.396 e. The molecular weight excluding hydrogens is 254 g/mol. The number of rotatable bonds is 8. The molecule has 0 aliphatic rings. The first kappa shape index (κ1) is 16.4. The molecule has 112 valence electrons. The van der Waals surface area contributed by atoms with Crippen molar-refractivity contribution in [3.05, 3.63) is 24.0 Å². The molecule has 0 saturated heterocycles. The Bertz CT molecular complexity index is 423. The van der Waals surface area contributed by atoms with E-state index in [1.54, 1.807) is 12.3 Å². The van der Waals surface area contributed by atoms with Crippen molar-refractivity contribution in [2.75, 3.05) is 25.0 Å². The number of carbonyl (C=O) groups excluding carboxylic acids is 1. The van der Waals surface area contributed by atoms with E-state index < -0.39 is 0 Å². The van der Waals surface area contributed by atoms with Gasteiger partial charge in [0.2, 0.25) is 0 Å². The lowest BCUT2D eigenvalue weighted by Crippen LogP contribution is -2.32. The van der Waals surface area contributed by atoms with E-state index in [-0.39, 0.29) is 17.9 Å². The summed E-state index contributed by atoms with van der Waals surface area (Å²) in [6, 6.07) is 3.56. The number of hydrogen-bond acceptors (Lipinski definition) is 4. The Kier molecular flexibility index (Phi) is 6.45. The van der Waals surface area contributed by atoms with Crippen LogP contribution in [0.5, 0.6) is 0 Å². The summed E-state index contributed by atoms with van der Waals surface area (Å²) in [5.74, 6) is -0.171. The largest absolute Gasteiger partial charge is 0.396 e. The number of hydrogen-bond donors (Lipinski definition) is 3. The summed E-state index contributed by atoms with van der Waals surface area (Å²) in [4.78, 5) is 15.8. The molecule has 0 bridgehead atoms. The second kappa shape index (κ2) is 7.85. The molecule has 0 saturated carbocycles. The minimum absolute atomic E-state index is 0.116. The van der Waals surface area contributed by atoms with Crippen molar-refractivity contribution < 1.29 is 9.90 Å². The molecule has 0 fully saturated rings. The van der Waals surface area contributed by atoms with Gasteiger partial charge >= 0.3 is 0 Å². The fourth-order valence-electron chi connectivity index (χ4n) is 1.98. The van der Waals surface area contributed by atoms with E-state index in [0.717, 1.165) is 18.5 Å². The van der Waals surface area contributed by atoms with Gasteiger partial charge in [-0.3, -0.25) is 9.78 Å². The average molecular weight is 279 g/mol. The molecule has 5 nitrogen and oxygen atoms in total. The number of nitrogens with zero attached hydrogens (tertiary/aromatic N) is 1. The molecule has 1 heterocycles. The van der Waals surface area contributed by atoms with Crippen LogP contribution in [0, 0.1) is 5.41 Å². The molecule has 0 aliphatic heterocycles. The summed E-state index contributed by atoms with van der Waals surface area (Å²) < 4.78 is 0. The van der Waals surface area contributed by atoms with Crippen molar-refractivity contribution in [2.24, 2.45) is 5.41 Å². The summed E-state index contributed by atoms with van der Waals surface area (Å²) in [6.45, 7) is 7.44. The Labute approximate surface area is 120 Å². The second-order valence-electron chi connectivity index (χ2n) is 5.01. The van der Waals surface area contributed by atoms with Crippen molar-refractivity contribution in [3.63, 3.8) is 0 Å². The van der Waals surface area contributed by atoms with E-state index >= 15 is 0 Å². The first-order chi connectivity index (χ1) is 9.60. The normalized spacial score (nSPS) is 11.2. The molecule has 0 spiro atoms. The molecule has 0 radical (unpaired) electrons. The van der Waals surface area contributed by atoms with Gasteiger partial charge in [0.1, 0.15) is 5.69 Å². The quantitative estimate of drug-likeness (QED) is 0.681. The van der Waals surface area contributed by atoms with Crippen LogP contribution >= 0.6 is 0 Å². The third-order valence-corrected chi connectivity index (χ3v) is 3.83. The standard InChI is InChI=1S/C15H25N3O2/c1-4-15(5-2,11-19)10-18-12-7-8-17-13(9-12)14(20)16-6-3/h7-9,19H,4-6,10-11H2,1-3H3,(H,16,20)(H,17,18). The van der Waals surface area contributed by atoms with E-state index in [2.05, 4.69) is 29.5 Å². The van der Waals surface area contributed by atoms with Gasteiger partial charge in [-0.2, -0.15) is 0 Å². The van der Waals surface area contributed by atoms with Crippen LogP contribution in [0.1, 0.15) is 44.1 Å². The molecule has 0 aliphatic carbocycles. The number of anilines is 1. The number of carbonyl (C=O) groups is 1. The highest BCUT2D eigenvalue weighted by Crippen LogP contribution is 2.26. The molecule has 20 heavy (non-hydrogen) atoms. The van der Waals surface area contributed by atoms with Crippen LogP contribution in [-0.2, 0) is 0 Å². The third-order valence-electron chi connectivity index (χ3n) is 3.83. The maximum Gasteiger partial charge on any atom is 0.269 e. The monoisotopic (exact) mass is 279 g/mol. The highest BCUT2D eigenvalue weighted by atomic mass is 16.3. The van der Waals surface area contributed by atoms with E-state index in [4.69, 9.17) is 0 Å². The SMILES string of the molecule is CCNC(=O)c1cc(NCC(CC)(CC)CO)ccn1. The van der Waals surface area contributed by atoms with Gasteiger partial charge in [0.25, 0.3) is 5.91 Å². The Morgan fingerprint density at radius 1 is 1.35 bits per heavy atom. The highest BCUT2D eigenvalue weighted by Gasteiger charge is 2.24. The van der Waals surface area contributed by atoms with Gasteiger partial charge in [-0.1, -0.05) is 13.8 Å². The molecule has 1 aromatic heterocycles. The maximum absolute atomic E-state index is 11.7. The molecule has 1 amide bonds. The lowest BCUT2D eigenvalue weighted by molar-refractivity contribution is 0.0951. The van der Waals surface area contributed by atoms with Crippen molar-refractivity contribution in [3.8, 4) is 0 Å². The lowest BCUT2D eigenvalue weighted by atomic mass is 9.83. The molecular formula is C15H25N3O2. The van der Waals surface area contributed by atoms with E-state index in [1.165, 1.54) is 0 Å². The molecule has 3 N–H and O–H groups in total. The lowest BCUT2D eigenvalue weighted by Gasteiger charge is -2.30. The Hall–Kier alpha value is -1.62. The van der Waals surface area contributed by atoms with Gasteiger partial charge < -0.3 is 15.7 Å². The fraction of sp³-hybridized carbons (Fsp3) is 0.600. The summed E-state index contributed by atoms with van der Waals surface area (Å²) in [6.07, 6.45) is 3.42. The Balaban J connectivity index is 2.73. The molecule has 1 rings (SSSR count). The average Bonchev–Trinajstić information content (AvgIpc) is 2.50. The Morgan fingerprint density at radius 2 is 2.05 bits per heavy atom. The molecule has 0 atom stereocenters. The van der Waals surface area contributed by atoms with Gasteiger partial charge in [-0.05, 0) is 31.9 Å². The number of amides is 1. The van der Waals surface area contributed by atoms with Crippen LogP contribution in [0.4, 0.5) is 5.69 Å². The van der Waals surface area contributed by atoms with Crippen LogP contribution in [0.15, 0.2) is 18.3 Å². The maximum atomic E-state index is 11.7. The molecule has 1 aromatic rings. The van der Waals surface area contributed by atoms with Gasteiger partial charge in [0.05, 0.1) is 6.61 Å². The van der Waals surface area contributed by atoms with E-state index in [0.29, 0.717) is 18.8 Å². The number of aliphatic hydroxyl groups is 1. The summed E-state index contributed by atoms with van der Waals surface area (Å²) in [5, 5.41) is 15.6. The van der Waals surface area contributed by atoms with Gasteiger partial charge in [-0.15, -0.1) is 0 Å². The van der Waals surface area contributed by atoms with Crippen molar-refractivity contribution in [2.45, 2.75) is 33.6 Å². The summed E-state index contributed by atoms with van der Waals surface area (Å²) >= 11 is 0. The van der Waals surface area contributed by atoms with Crippen molar-refractivity contribution >= 4 is 11.6 Å². The van der Waals surface area contributed by atoms with E-state index in [9.17, 15) is 9.90 Å². The first-order valence-electron chi connectivity index (χ1n) is 7.19. The van der Waals surface area contributed by atoms with E-state index in [1.807, 2.05) is 13.0 Å². The predicted molar refractivity (Wildman–Crippen MR) is 80.8 cm³/mol. The second-order valence-corrected chi connectivity index (χ2v) is 5.01. The number of pyridine rings is 1. The van der Waals surface area contributed by atoms with Crippen molar-refractivity contribution in [1.82, 2.24) is 10.3 Å². The van der Waals surface area contributed by atoms with Crippen LogP contribution in [0.25, 0.3) is 0 Å². The van der Waals surface area contributed by atoms with Crippen LogP contribution in [0.2, 0.25) is 0 Å². The van der Waals surface area contributed by atoms with Gasteiger partial charge in [0, 0.05) is 30.4 Å². The van der Waals surface area contributed by atoms with Crippen molar-refractivity contribution in [1.29, 1.82) is 0 Å². The van der Waals surface area contributed by atoms with Crippen LogP contribution in [-0.4, -0.2) is 35.7 Å². The zero-order valence-electron chi connectivity index (χ0n) is 12.6. The molecule has 0 aromatic carbocycles. The first-order valence-corrected chi connectivity index (χ1v) is 7.19. The number of aromatic nitrogens is 1. The van der Waals surface area contributed by atoms with Gasteiger partial charge in [0.15, 0.2) is 0 Å². The topological polar surface area (TPSA) is 74.2 Å². The van der Waals surface area contributed by atoms with Crippen LogP contribution in [0.3, 0.4) is 0 Å². The molecule has 5 heteroatoms.